The van der Waals surface area contributed by atoms with Gasteiger partial charge in [-0.25, -0.2) is 4.79 Å². The number of hydrogen-bond acceptors (Lipinski definition) is 4. The van der Waals surface area contributed by atoms with Crippen molar-refractivity contribution in [2.45, 2.75) is 13.5 Å². The first-order valence-corrected chi connectivity index (χ1v) is 5.46. The molecule has 0 spiro atoms. The summed E-state index contributed by atoms with van der Waals surface area (Å²) >= 11 is 0. The lowest BCUT2D eigenvalue weighted by Crippen LogP contribution is -2.42. The third kappa shape index (κ3) is 1.64. The first kappa shape index (κ1) is 12.2. The van der Waals surface area contributed by atoms with E-state index < -0.39 is 28.6 Å². The van der Waals surface area contributed by atoms with Gasteiger partial charge < -0.3 is 19.7 Å². The largest absolute Gasteiger partial charge is 0.503 e. The second-order valence-corrected chi connectivity index (χ2v) is 3.95. The normalized spacial score (nSPS) is 14.5. The van der Waals surface area contributed by atoms with E-state index in [9.17, 15) is 19.5 Å². The molecule has 2 N–H and O–H groups in total. The molecule has 0 bridgehead atoms. The van der Waals surface area contributed by atoms with Gasteiger partial charge in [0.1, 0.15) is 5.56 Å². The van der Waals surface area contributed by atoms with Gasteiger partial charge in [-0.05, 0) is 6.92 Å². The Hall–Kier alpha value is -2.31. The molecule has 0 unspecified atom stereocenters. The summed E-state index contributed by atoms with van der Waals surface area (Å²) in [5.74, 6) is -2.68. The van der Waals surface area contributed by atoms with Gasteiger partial charge in [-0.3, -0.25) is 9.59 Å². The molecule has 0 saturated heterocycles. The zero-order valence-electron chi connectivity index (χ0n) is 9.71. The Labute approximate surface area is 102 Å². The predicted molar refractivity (Wildman–Crippen MR) is 60.9 cm³/mol. The molecule has 0 radical (unpaired) electrons. The van der Waals surface area contributed by atoms with Crippen molar-refractivity contribution in [1.29, 1.82) is 0 Å². The summed E-state index contributed by atoms with van der Waals surface area (Å²) in [6.45, 7) is 3.02. The Morgan fingerprint density at radius 3 is 2.61 bits per heavy atom. The highest BCUT2D eigenvalue weighted by molar-refractivity contribution is 5.97. The molecule has 0 fully saturated rings. The van der Waals surface area contributed by atoms with Crippen LogP contribution in [-0.4, -0.2) is 44.6 Å². The number of nitrogens with zero attached hydrogens (tertiary/aromatic N) is 2. The molecule has 7 heteroatoms. The number of aromatic nitrogens is 1. The zero-order chi connectivity index (χ0) is 13.4. The van der Waals surface area contributed by atoms with Crippen LogP contribution in [0.1, 0.15) is 27.8 Å². The molecule has 18 heavy (non-hydrogen) atoms. The zero-order valence-corrected chi connectivity index (χ0v) is 9.71. The Morgan fingerprint density at radius 2 is 2.06 bits per heavy atom. The Morgan fingerprint density at radius 1 is 1.39 bits per heavy atom. The van der Waals surface area contributed by atoms with Gasteiger partial charge in [0.25, 0.3) is 5.91 Å². The Kier molecular flexibility index (Phi) is 2.82. The number of aromatic hydroxyl groups is 1. The number of rotatable bonds is 2. The minimum Gasteiger partial charge on any atom is -0.503 e. The highest BCUT2D eigenvalue weighted by atomic mass is 16.4. The molecule has 2 rings (SSSR count). The van der Waals surface area contributed by atoms with Gasteiger partial charge in [-0.1, -0.05) is 0 Å². The predicted octanol–water partition coefficient (Wildman–Crippen LogP) is -0.272. The van der Waals surface area contributed by atoms with Crippen LogP contribution >= 0.6 is 0 Å². The SMILES string of the molecule is CCN1CCn2cc(C(=O)O)c(=O)c(O)c2C1=O. The van der Waals surface area contributed by atoms with Gasteiger partial charge in [0, 0.05) is 25.8 Å². The minimum absolute atomic E-state index is 0.141. The number of hydrogen-bond donors (Lipinski definition) is 2. The monoisotopic (exact) mass is 252 g/mol. The second kappa shape index (κ2) is 4.17. The highest BCUT2D eigenvalue weighted by Gasteiger charge is 2.29. The van der Waals surface area contributed by atoms with Crippen LogP contribution in [0.25, 0.3) is 0 Å². The molecule has 0 saturated carbocycles. The van der Waals surface area contributed by atoms with Crippen molar-refractivity contribution in [1.82, 2.24) is 9.47 Å². The fraction of sp³-hybridized carbons (Fsp3) is 0.364. The number of carboxylic acids is 1. The van der Waals surface area contributed by atoms with Crippen LogP contribution in [0.15, 0.2) is 11.0 Å². The fourth-order valence-corrected chi connectivity index (χ4v) is 1.98. The maximum Gasteiger partial charge on any atom is 0.341 e. The number of likely N-dealkylation sites (N-methyl/N-ethyl adjacent to an activating group) is 1. The quantitative estimate of drug-likeness (QED) is 0.754. The van der Waals surface area contributed by atoms with E-state index in [2.05, 4.69) is 0 Å². The van der Waals surface area contributed by atoms with Crippen molar-refractivity contribution < 1.29 is 19.8 Å². The molecular weight excluding hydrogens is 240 g/mol. The number of amides is 1. The summed E-state index contributed by atoms with van der Waals surface area (Å²) in [7, 11) is 0. The van der Waals surface area contributed by atoms with E-state index >= 15 is 0 Å². The fourth-order valence-electron chi connectivity index (χ4n) is 1.98. The average Bonchev–Trinajstić information content (AvgIpc) is 2.33. The van der Waals surface area contributed by atoms with Gasteiger partial charge in [-0.2, -0.15) is 0 Å². The van der Waals surface area contributed by atoms with Crippen LogP contribution in [0.5, 0.6) is 5.75 Å². The third-order valence-corrected chi connectivity index (χ3v) is 2.97. The number of carboxylic acid groups (broad SMARTS) is 1. The van der Waals surface area contributed by atoms with Gasteiger partial charge in [0.15, 0.2) is 11.4 Å². The van der Waals surface area contributed by atoms with Crippen molar-refractivity contribution in [3.63, 3.8) is 0 Å². The average molecular weight is 252 g/mol. The van der Waals surface area contributed by atoms with Crippen molar-refractivity contribution in [3.8, 4) is 5.75 Å². The summed E-state index contributed by atoms with van der Waals surface area (Å²) in [5.41, 5.74) is -1.70. The van der Waals surface area contributed by atoms with E-state index in [-0.39, 0.29) is 5.69 Å². The summed E-state index contributed by atoms with van der Waals surface area (Å²) in [6, 6.07) is 0. The number of pyridine rings is 1. The molecule has 1 aliphatic heterocycles. The number of aromatic carboxylic acids is 1. The van der Waals surface area contributed by atoms with E-state index in [1.165, 1.54) is 9.47 Å². The van der Waals surface area contributed by atoms with Crippen LogP contribution < -0.4 is 5.43 Å². The van der Waals surface area contributed by atoms with E-state index in [1.54, 1.807) is 6.92 Å². The number of carbonyl (C=O) groups is 2. The van der Waals surface area contributed by atoms with Crippen molar-refractivity contribution in [3.05, 3.63) is 27.7 Å². The van der Waals surface area contributed by atoms with E-state index in [4.69, 9.17) is 5.11 Å². The highest BCUT2D eigenvalue weighted by Crippen LogP contribution is 2.19. The Balaban J connectivity index is 2.67. The summed E-state index contributed by atoms with van der Waals surface area (Å²) in [4.78, 5) is 35.9. The molecular formula is C11H12N2O5. The summed E-state index contributed by atoms with van der Waals surface area (Å²) < 4.78 is 1.31. The topological polar surface area (TPSA) is 99.8 Å². The smallest absolute Gasteiger partial charge is 0.341 e. The maximum absolute atomic E-state index is 12.0. The van der Waals surface area contributed by atoms with Crippen LogP contribution in [0.3, 0.4) is 0 Å². The lowest BCUT2D eigenvalue weighted by molar-refractivity contribution is 0.0675. The lowest BCUT2D eigenvalue weighted by atomic mass is 10.1. The van der Waals surface area contributed by atoms with E-state index in [0.29, 0.717) is 19.6 Å². The van der Waals surface area contributed by atoms with Gasteiger partial charge >= 0.3 is 5.97 Å². The second-order valence-electron chi connectivity index (χ2n) is 3.95. The standard InChI is InChI=1S/C11H12N2O5/c1-2-12-3-4-13-5-6(11(17)18)8(14)9(15)7(13)10(12)16/h5,15H,2-4H2,1H3,(H,17,18). The minimum atomic E-state index is -1.42. The van der Waals surface area contributed by atoms with Crippen molar-refractivity contribution in [2.24, 2.45) is 0 Å². The number of carbonyl (C=O) groups excluding carboxylic acids is 1. The van der Waals surface area contributed by atoms with E-state index in [0.717, 1.165) is 6.20 Å². The molecule has 7 nitrogen and oxygen atoms in total. The third-order valence-electron chi connectivity index (χ3n) is 2.97. The van der Waals surface area contributed by atoms with Gasteiger partial charge in [0.2, 0.25) is 5.43 Å². The number of fused-ring (bicyclic) bond motifs is 1. The molecule has 1 aromatic heterocycles. The molecule has 1 aliphatic rings. The van der Waals surface area contributed by atoms with Crippen LogP contribution in [0.4, 0.5) is 0 Å². The van der Waals surface area contributed by atoms with Crippen molar-refractivity contribution in [2.75, 3.05) is 13.1 Å². The molecule has 2 heterocycles. The summed E-state index contributed by atoms with van der Waals surface area (Å²) in [5, 5.41) is 18.5. The van der Waals surface area contributed by atoms with Crippen LogP contribution in [-0.2, 0) is 6.54 Å². The molecule has 0 aliphatic carbocycles. The molecule has 0 atom stereocenters. The molecule has 0 aromatic carbocycles. The first-order valence-electron chi connectivity index (χ1n) is 5.46. The molecule has 96 valence electrons. The maximum atomic E-state index is 12.0. The van der Waals surface area contributed by atoms with Crippen LogP contribution in [0, 0.1) is 0 Å². The van der Waals surface area contributed by atoms with Crippen molar-refractivity contribution >= 4 is 11.9 Å². The van der Waals surface area contributed by atoms with E-state index in [1.807, 2.05) is 0 Å². The Bertz CT molecular complexity index is 590. The molecule has 1 amide bonds. The first-order chi connectivity index (χ1) is 8.47. The van der Waals surface area contributed by atoms with Gasteiger partial charge in [0.05, 0.1) is 0 Å². The lowest BCUT2D eigenvalue weighted by Gasteiger charge is -2.29. The van der Waals surface area contributed by atoms with Crippen LogP contribution in [0.2, 0.25) is 0 Å². The van der Waals surface area contributed by atoms with Gasteiger partial charge in [-0.15, -0.1) is 0 Å². The molecule has 1 aromatic rings. The summed E-state index contributed by atoms with van der Waals surface area (Å²) in [6.07, 6.45) is 1.10.